The molecule has 0 unspecified atom stereocenters. The summed E-state index contributed by atoms with van der Waals surface area (Å²) in [6.07, 6.45) is 0.999. The molecule has 0 saturated heterocycles. The van der Waals surface area contributed by atoms with E-state index in [1.807, 2.05) is 0 Å². The number of nitrogens with zero attached hydrogens (tertiary/aromatic N) is 2. The molecule has 0 bridgehead atoms. The maximum atomic E-state index is 4.95. The Labute approximate surface area is 148 Å². The largest absolute Gasteiger partial charge is 0.324 e. The smallest absolute Gasteiger partial charge is 0.141 e. The van der Waals surface area contributed by atoms with Crippen molar-refractivity contribution in [2.75, 3.05) is 0 Å². The van der Waals surface area contributed by atoms with Gasteiger partial charge in [0.2, 0.25) is 0 Å². The van der Waals surface area contributed by atoms with Crippen LogP contribution in [0.3, 0.4) is 0 Å². The van der Waals surface area contributed by atoms with E-state index < -0.39 is 0 Å². The number of fused-ring (bicyclic) bond motifs is 1. The Kier molecular flexibility index (Phi) is 4.10. The molecule has 1 heterocycles. The molecule has 0 aliphatic carbocycles. The third-order valence-electron chi connectivity index (χ3n) is 4.74. The average molecular weight is 326 g/mol. The molecule has 2 nitrogen and oxygen atoms in total. The van der Waals surface area contributed by atoms with E-state index in [2.05, 4.69) is 91.2 Å². The molecule has 1 aromatic heterocycles. The lowest BCUT2D eigenvalue weighted by Gasteiger charge is -2.12. The first-order valence-electron chi connectivity index (χ1n) is 8.79. The molecule has 0 radical (unpaired) electrons. The number of imidazole rings is 1. The molecule has 124 valence electrons. The van der Waals surface area contributed by atoms with Crippen LogP contribution in [0.2, 0.25) is 0 Å². The summed E-state index contributed by atoms with van der Waals surface area (Å²) >= 11 is 0. The predicted molar refractivity (Wildman–Crippen MR) is 105 cm³/mol. The molecule has 0 atom stereocenters. The SMILES string of the molecule is Cc1ccc(-c2nc3ccccc3n2CCc2ccccc2)c(C)c1. The molecule has 0 aliphatic heterocycles. The van der Waals surface area contributed by atoms with E-state index >= 15 is 0 Å². The zero-order valence-corrected chi connectivity index (χ0v) is 14.7. The minimum absolute atomic E-state index is 0.924. The summed E-state index contributed by atoms with van der Waals surface area (Å²) in [6.45, 7) is 5.23. The van der Waals surface area contributed by atoms with Gasteiger partial charge >= 0.3 is 0 Å². The van der Waals surface area contributed by atoms with Gasteiger partial charge in [-0.15, -0.1) is 0 Å². The van der Waals surface area contributed by atoms with Crippen molar-refractivity contribution >= 4 is 11.0 Å². The fourth-order valence-corrected chi connectivity index (χ4v) is 3.46. The number of hydrogen-bond acceptors (Lipinski definition) is 1. The van der Waals surface area contributed by atoms with Crippen LogP contribution >= 0.6 is 0 Å². The van der Waals surface area contributed by atoms with Crippen molar-refractivity contribution in [3.63, 3.8) is 0 Å². The van der Waals surface area contributed by atoms with E-state index in [-0.39, 0.29) is 0 Å². The lowest BCUT2D eigenvalue weighted by Crippen LogP contribution is -2.04. The predicted octanol–water partition coefficient (Wildman–Crippen LogP) is 5.56. The maximum absolute atomic E-state index is 4.95. The molecule has 4 rings (SSSR count). The second-order valence-electron chi connectivity index (χ2n) is 6.63. The van der Waals surface area contributed by atoms with Gasteiger partial charge in [-0.25, -0.2) is 4.98 Å². The summed E-state index contributed by atoms with van der Waals surface area (Å²) < 4.78 is 2.36. The number of hydrogen-bond donors (Lipinski definition) is 0. The minimum Gasteiger partial charge on any atom is -0.324 e. The van der Waals surface area contributed by atoms with Crippen molar-refractivity contribution in [1.82, 2.24) is 9.55 Å². The van der Waals surface area contributed by atoms with Crippen LogP contribution in [0.15, 0.2) is 72.8 Å². The first-order chi connectivity index (χ1) is 12.2. The van der Waals surface area contributed by atoms with Gasteiger partial charge in [0.25, 0.3) is 0 Å². The Hall–Kier alpha value is -2.87. The van der Waals surface area contributed by atoms with Crippen LogP contribution < -0.4 is 0 Å². The molecule has 0 spiro atoms. The van der Waals surface area contributed by atoms with Crippen molar-refractivity contribution in [2.24, 2.45) is 0 Å². The Balaban J connectivity index is 1.80. The van der Waals surface area contributed by atoms with Crippen LogP contribution in [0, 0.1) is 13.8 Å². The molecule has 3 aromatic carbocycles. The van der Waals surface area contributed by atoms with Crippen molar-refractivity contribution in [1.29, 1.82) is 0 Å². The molecule has 25 heavy (non-hydrogen) atoms. The Morgan fingerprint density at radius 1 is 0.840 bits per heavy atom. The fraction of sp³-hybridized carbons (Fsp3) is 0.174. The van der Waals surface area contributed by atoms with Gasteiger partial charge in [-0.05, 0) is 43.5 Å². The van der Waals surface area contributed by atoms with Crippen LogP contribution in [0.5, 0.6) is 0 Å². The summed E-state index contributed by atoms with van der Waals surface area (Å²) in [6, 6.07) is 25.7. The number of para-hydroxylation sites is 2. The lowest BCUT2D eigenvalue weighted by molar-refractivity contribution is 0.723. The zero-order valence-electron chi connectivity index (χ0n) is 14.7. The molecule has 0 aliphatic rings. The monoisotopic (exact) mass is 326 g/mol. The second-order valence-corrected chi connectivity index (χ2v) is 6.63. The number of rotatable bonds is 4. The number of benzene rings is 3. The lowest BCUT2D eigenvalue weighted by atomic mass is 10.1. The van der Waals surface area contributed by atoms with Gasteiger partial charge in [0.1, 0.15) is 5.82 Å². The van der Waals surface area contributed by atoms with E-state index in [9.17, 15) is 0 Å². The Morgan fingerprint density at radius 3 is 2.40 bits per heavy atom. The Bertz CT molecular complexity index is 1010. The highest BCUT2D eigenvalue weighted by atomic mass is 15.1. The van der Waals surface area contributed by atoms with Gasteiger partial charge < -0.3 is 4.57 Å². The highest BCUT2D eigenvalue weighted by Crippen LogP contribution is 2.28. The molecule has 0 fully saturated rings. The van der Waals surface area contributed by atoms with Crippen molar-refractivity contribution in [3.8, 4) is 11.4 Å². The van der Waals surface area contributed by atoms with E-state index in [4.69, 9.17) is 4.98 Å². The van der Waals surface area contributed by atoms with E-state index in [1.165, 1.54) is 27.8 Å². The molecule has 0 amide bonds. The number of aryl methyl sites for hydroxylation is 4. The van der Waals surface area contributed by atoms with Gasteiger partial charge in [-0.3, -0.25) is 0 Å². The quantitative estimate of drug-likeness (QED) is 0.480. The third kappa shape index (κ3) is 3.08. The number of aromatic nitrogens is 2. The van der Waals surface area contributed by atoms with E-state index in [0.717, 1.165) is 24.3 Å². The average Bonchev–Trinajstić information content (AvgIpc) is 2.99. The second kappa shape index (κ2) is 6.56. The van der Waals surface area contributed by atoms with Gasteiger partial charge in [-0.1, -0.05) is 66.2 Å². The normalized spacial score (nSPS) is 11.1. The first kappa shape index (κ1) is 15.6. The standard InChI is InChI=1S/C23H22N2/c1-17-12-13-20(18(2)16-17)23-24-21-10-6-7-11-22(21)25(23)15-14-19-8-4-3-5-9-19/h3-13,16H,14-15H2,1-2H3. The molecule has 0 N–H and O–H groups in total. The molecule has 0 saturated carbocycles. The van der Waals surface area contributed by atoms with Crippen LogP contribution in [0.1, 0.15) is 16.7 Å². The van der Waals surface area contributed by atoms with Crippen molar-refractivity contribution in [2.45, 2.75) is 26.8 Å². The van der Waals surface area contributed by atoms with Crippen LogP contribution in [0.25, 0.3) is 22.4 Å². The zero-order chi connectivity index (χ0) is 17.2. The molecular formula is C23H22N2. The van der Waals surface area contributed by atoms with Crippen LogP contribution in [0.4, 0.5) is 0 Å². The highest BCUT2D eigenvalue weighted by Gasteiger charge is 2.14. The molecule has 2 heteroatoms. The maximum Gasteiger partial charge on any atom is 0.141 e. The van der Waals surface area contributed by atoms with E-state index in [1.54, 1.807) is 0 Å². The topological polar surface area (TPSA) is 17.8 Å². The summed E-state index contributed by atoms with van der Waals surface area (Å²) in [5.41, 5.74) is 7.39. The van der Waals surface area contributed by atoms with Crippen LogP contribution in [-0.4, -0.2) is 9.55 Å². The summed E-state index contributed by atoms with van der Waals surface area (Å²) in [5, 5.41) is 0. The summed E-state index contributed by atoms with van der Waals surface area (Å²) in [7, 11) is 0. The summed E-state index contributed by atoms with van der Waals surface area (Å²) in [5.74, 6) is 1.06. The highest BCUT2D eigenvalue weighted by molar-refractivity contribution is 5.81. The fourth-order valence-electron chi connectivity index (χ4n) is 3.46. The Morgan fingerprint density at radius 2 is 1.60 bits per heavy atom. The molecular weight excluding hydrogens is 304 g/mol. The minimum atomic E-state index is 0.924. The third-order valence-corrected chi connectivity index (χ3v) is 4.74. The van der Waals surface area contributed by atoms with Crippen LogP contribution in [-0.2, 0) is 13.0 Å². The van der Waals surface area contributed by atoms with Gasteiger partial charge in [0.15, 0.2) is 0 Å². The molecule has 4 aromatic rings. The van der Waals surface area contributed by atoms with Crippen molar-refractivity contribution < 1.29 is 0 Å². The van der Waals surface area contributed by atoms with E-state index in [0.29, 0.717) is 0 Å². The van der Waals surface area contributed by atoms with Crippen molar-refractivity contribution in [3.05, 3.63) is 89.5 Å². The first-order valence-corrected chi connectivity index (χ1v) is 8.79. The van der Waals surface area contributed by atoms with Gasteiger partial charge in [0, 0.05) is 12.1 Å². The summed E-state index contributed by atoms with van der Waals surface area (Å²) in [4.78, 5) is 4.95. The van der Waals surface area contributed by atoms with Gasteiger partial charge in [-0.2, -0.15) is 0 Å². The van der Waals surface area contributed by atoms with Gasteiger partial charge in [0.05, 0.1) is 11.0 Å².